The van der Waals surface area contributed by atoms with Gasteiger partial charge in [-0.05, 0) is 35.0 Å². The van der Waals surface area contributed by atoms with E-state index in [4.69, 9.17) is 22.1 Å². The summed E-state index contributed by atoms with van der Waals surface area (Å²) in [7, 11) is 0. The summed E-state index contributed by atoms with van der Waals surface area (Å²) >= 11 is 9.43. The second-order valence-electron chi connectivity index (χ2n) is 3.60. The minimum Gasteiger partial charge on any atom is -0.476 e. The summed E-state index contributed by atoms with van der Waals surface area (Å²) in [5.41, 5.74) is 7.07. The minimum atomic E-state index is 0.358. The average molecular weight is 344 g/mol. The summed E-state index contributed by atoms with van der Waals surface area (Å²) in [6, 6.07) is 5.47. The molecule has 3 N–H and O–H groups in total. The van der Waals surface area contributed by atoms with E-state index < -0.39 is 0 Å². The number of nitrogen functional groups attached to an aromatic ring is 1. The van der Waals surface area contributed by atoms with E-state index in [1.807, 2.05) is 19.1 Å². The smallest absolute Gasteiger partial charge is 0.242 e. The molecule has 0 saturated carbocycles. The summed E-state index contributed by atoms with van der Waals surface area (Å²) in [5.74, 6) is 0.833. The lowest BCUT2D eigenvalue weighted by Crippen LogP contribution is -2.05. The van der Waals surface area contributed by atoms with Gasteiger partial charge in [0.2, 0.25) is 5.88 Å². The summed E-state index contributed by atoms with van der Waals surface area (Å²) in [4.78, 5) is 8.07. The van der Waals surface area contributed by atoms with Crippen molar-refractivity contribution in [3.63, 3.8) is 0 Å². The van der Waals surface area contributed by atoms with E-state index in [0.717, 1.165) is 10.2 Å². The average Bonchev–Trinajstić information content (AvgIpc) is 2.40. The maximum absolute atomic E-state index is 6.03. The van der Waals surface area contributed by atoms with Crippen LogP contribution in [0.4, 0.5) is 17.2 Å². The Morgan fingerprint density at radius 3 is 2.95 bits per heavy atom. The van der Waals surface area contributed by atoms with Gasteiger partial charge in [-0.25, -0.2) is 4.98 Å². The molecule has 0 amide bonds. The van der Waals surface area contributed by atoms with Gasteiger partial charge in [-0.3, -0.25) is 0 Å². The van der Waals surface area contributed by atoms with E-state index in [9.17, 15) is 0 Å². The number of anilines is 3. The molecule has 1 aromatic carbocycles. The number of nitrogens with zero attached hydrogens (tertiary/aromatic N) is 2. The Morgan fingerprint density at radius 1 is 1.42 bits per heavy atom. The standard InChI is InChI=1S/C12H12BrClN4O/c1-2-19-12-10(15)11(16-6-17-12)18-8-5-3-4-7(14)9(8)13/h3-6H,2,15H2,1H3,(H,16,17,18). The van der Waals surface area contributed by atoms with E-state index in [1.165, 1.54) is 6.33 Å². The second kappa shape index (κ2) is 6.08. The van der Waals surface area contributed by atoms with Crippen LogP contribution in [0.15, 0.2) is 29.0 Å². The first kappa shape index (κ1) is 13.9. The van der Waals surface area contributed by atoms with Gasteiger partial charge < -0.3 is 15.8 Å². The maximum Gasteiger partial charge on any atom is 0.242 e. The third kappa shape index (κ3) is 3.08. The maximum atomic E-state index is 6.03. The number of hydrogen-bond donors (Lipinski definition) is 2. The highest BCUT2D eigenvalue weighted by Crippen LogP contribution is 2.34. The predicted octanol–water partition coefficient (Wildman–Crippen LogP) is 3.62. The number of benzene rings is 1. The molecule has 0 bridgehead atoms. The Hall–Kier alpha value is -1.53. The highest BCUT2D eigenvalue weighted by Gasteiger charge is 2.11. The van der Waals surface area contributed by atoms with Crippen molar-refractivity contribution in [2.24, 2.45) is 0 Å². The number of halogens is 2. The molecule has 7 heteroatoms. The fourth-order valence-corrected chi connectivity index (χ4v) is 2.00. The largest absolute Gasteiger partial charge is 0.476 e. The fraction of sp³-hybridized carbons (Fsp3) is 0.167. The molecule has 5 nitrogen and oxygen atoms in total. The van der Waals surface area contributed by atoms with E-state index in [0.29, 0.717) is 29.0 Å². The topological polar surface area (TPSA) is 73.1 Å². The molecule has 0 saturated heterocycles. The molecule has 2 rings (SSSR count). The lowest BCUT2D eigenvalue weighted by Gasteiger charge is -2.12. The molecule has 1 heterocycles. The SMILES string of the molecule is CCOc1ncnc(Nc2cccc(Cl)c2Br)c1N. The van der Waals surface area contributed by atoms with Crippen LogP contribution in [0.25, 0.3) is 0 Å². The van der Waals surface area contributed by atoms with Crippen molar-refractivity contribution in [3.8, 4) is 5.88 Å². The van der Waals surface area contributed by atoms with Crippen molar-refractivity contribution in [1.29, 1.82) is 0 Å². The Bertz CT molecular complexity index is 594. The van der Waals surface area contributed by atoms with Crippen molar-refractivity contribution in [2.45, 2.75) is 6.92 Å². The van der Waals surface area contributed by atoms with Crippen LogP contribution in [-0.4, -0.2) is 16.6 Å². The van der Waals surface area contributed by atoms with E-state index in [-0.39, 0.29) is 0 Å². The summed E-state index contributed by atoms with van der Waals surface area (Å²) in [5, 5.41) is 3.69. The van der Waals surface area contributed by atoms with Gasteiger partial charge >= 0.3 is 0 Å². The van der Waals surface area contributed by atoms with Crippen LogP contribution in [-0.2, 0) is 0 Å². The van der Waals surface area contributed by atoms with Gasteiger partial charge in [-0.1, -0.05) is 17.7 Å². The van der Waals surface area contributed by atoms with Gasteiger partial charge in [0.1, 0.15) is 12.0 Å². The third-order valence-corrected chi connectivity index (χ3v) is 3.73. The molecule has 0 aliphatic carbocycles. The van der Waals surface area contributed by atoms with Crippen LogP contribution in [0.5, 0.6) is 5.88 Å². The van der Waals surface area contributed by atoms with Crippen LogP contribution in [0.1, 0.15) is 6.92 Å². The van der Waals surface area contributed by atoms with Crippen LogP contribution in [0, 0.1) is 0 Å². The van der Waals surface area contributed by atoms with Crippen LogP contribution in [0.3, 0.4) is 0 Å². The van der Waals surface area contributed by atoms with Gasteiger partial charge in [0, 0.05) is 0 Å². The molecule has 0 aliphatic heterocycles. The molecule has 2 aromatic rings. The Balaban J connectivity index is 2.33. The lowest BCUT2D eigenvalue weighted by molar-refractivity contribution is 0.328. The van der Waals surface area contributed by atoms with Gasteiger partial charge in [0.15, 0.2) is 5.82 Å². The Labute approximate surface area is 124 Å². The van der Waals surface area contributed by atoms with Crippen molar-refractivity contribution in [1.82, 2.24) is 9.97 Å². The van der Waals surface area contributed by atoms with Crippen LogP contribution >= 0.6 is 27.5 Å². The number of hydrogen-bond acceptors (Lipinski definition) is 5. The summed E-state index contributed by atoms with van der Waals surface area (Å²) in [6.07, 6.45) is 1.39. The highest BCUT2D eigenvalue weighted by atomic mass is 79.9. The third-order valence-electron chi connectivity index (χ3n) is 2.33. The van der Waals surface area contributed by atoms with E-state index in [1.54, 1.807) is 6.07 Å². The first-order valence-electron chi connectivity index (χ1n) is 5.57. The van der Waals surface area contributed by atoms with Crippen molar-refractivity contribution < 1.29 is 4.74 Å². The predicted molar refractivity (Wildman–Crippen MR) is 80.0 cm³/mol. The number of nitrogens with one attached hydrogen (secondary N) is 1. The quantitative estimate of drug-likeness (QED) is 0.887. The first-order valence-corrected chi connectivity index (χ1v) is 6.75. The zero-order valence-corrected chi connectivity index (χ0v) is 12.5. The van der Waals surface area contributed by atoms with E-state index >= 15 is 0 Å². The molecule has 0 fully saturated rings. The zero-order valence-electron chi connectivity index (χ0n) is 10.2. The second-order valence-corrected chi connectivity index (χ2v) is 4.80. The first-order chi connectivity index (χ1) is 9.13. The Kier molecular flexibility index (Phi) is 4.44. The molecule has 0 unspecified atom stereocenters. The zero-order chi connectivity index (χ0) is 13.8. The molecule has 0 aliphatic rings. The van der Waals surface area contributed by atoms with Gasteiger partial charge in [-0.2, -0.15) is 4.98 Å². The molecule has 1 aromatic heterocycles. The monoisotopic (exact) mass is 342 g/mol. The fourth-order valence-electron chi connectivity index (χ4n) is 1.46. The van der Waals surface area contributed by atoms with Gasteiger partial charge in [-0.15, -0.1) is 0 Å². The van der Waals surface area contributed by atoms with Gasteiger partial charge in [0.05, 0.1) is 21.8 Å². The van der Waals surface area contributed by atoms with Crippen molar-refractivity contribution in [3.05, 3.63) is 34.0 Å². The molecule has 100 valence electrons. The molecular weight excluding hydrogens is 332 g/mol. The van der Waals surface area contributed by atoms with Crippen molar-refractivity contribution in [2.75, 3.05) is 17.7 Å². The molecular formula is C12H12BrClN4O. The molecule has 0 atom stereocenters. The van der Waals surface area contributed by atoms with Crippen LogP contribution in [0.2, 0.25) is 5.02 Å². The highest BCUT2D eigenvalue weighted by molar-refractivity contribution is 9.10. The number of nitrogens with two attached hydrogens (primary N) is 1. The normalized spacial score (nSPS) is 10.3. The van der Waals surface area contributed by atoms with E-state index in [2.05, 4.69) is 31.2 Å². The molecule has 0 spiro atoms. The Morgan fingerprint density at radius 2 is 2.21 bits per heavy atom. The van der Waals surface area contributed by atoms with Crippen molar-refractivity contribution >= 4 is 44.7 Å². The number of rotatable bonds is 4. The minimum absolute atomic E-state index is 0.358. The molecule has 19 heavy (non-hydrogen) atoms. The number of ether oxygens (including phenoxy) is 1. The number of aromatic nitrogens is 2. The van der Waals surface area contributed by atoms with Gasteiger partial charge in [0.25, 0.3) is 0 Å². The summed E-state index contributed by atoms with van der Waals surface area (Å²) in [6.45, 7) is 2.35. The van der Waals surface area contributed by atoms with Crippen LogP contribution < -0.4 is 15.8 Å². The summed E-state index contributed by atoms with van der Waals surface area (Å²) < 4.78 is 6.06. The molecule has 0 radical (unpaired) electrons. The lowest BCUT2D eigenvalue weighted by atomic mass is 10.3.